The van der Waals surface area contributed by atoms with Crippen molar-refractivity contribution in [2.24, 2.45) is 13.0 Å². The first-order valence-electron chi connectivity index (χ1n) is 6.23. The molecular weight excluding hydrogens is 234 g/mol. The number of hydrogen-bond donors (Lipinski definition) is 1. The predicted octanol–water partition coefficient (Wildman–Crippen LogP) is -0.827. The summed E-state index contributed by atoms with van der Waals surface area (Å²) in [7, 11) is 1.58. The van der Waals surface area contributed by atoms with Gasteiger partial charge in [-0.1, -0.05) is 0 Å². The maximum absolute atomic E-state index is 11.6. The monoisotopic (exact) mass is 253 g/mol. The van der Waals surface area contributed by atoms with E-state index in [-0.39, 0.29) is 0 Å². The van der Waals surface area contributed by atoms with E-state index in [4.69, 9.17) is 4.74 Å². The van der Waals surface area contributed by atoms with Gasteiger partial charge in [-0.2, -0.15) is 0 Å². The molecule has 1 N–H and O–H groups in total. The Hall–Kier alpha value is -1.40. The molecule has 2 heterocycles. The van der Waals surface area contributed by atoms with Crippen molar-refractivity contribution in [3.8, 4) is 0 Å². The van der Waals surface area contributed by atoms with E-state index in [2.05, 4.69) is 5.32 Å². The van der Waals surface area contributed by atoms with E-state index in [1.54, 1.807) is 19.4 Å². The van der Waals surface area contributed by atoms with E-state index in [0.717, 1.165) is 26.2 Å². The van der Waals surface area contributed by atoms with Crippen LogP contribution in [0.5, 0.6) is 0 Å². The molecule has 6 heteroatoms. The molecule has 1 aromatic heterocycles. The van der Waals surface area contributed by atoms with E-state index in [1.807, 2.05) is 0 Å². The first kappa shape index (κ1) is 13.0. The highest BCUT2D eigenvalue weighted by Gasteiger charge is 2.14. The molecule has 1 aromatic rings. The molecule has 18 heavy (non-hydrogen) atoms. The lowest BCUT2D eigenvalue weighted by Crippen LogP contribution is -2.41. The number of aryl methyl sites for hydroxylation is 1. The van der Waals surface area contributed by atoms with Gasteiger partial charge in [0.2, 0.25) is 0 Å². The first-order valence-corrected chi connectivity index (χ1v) is 6.23. The van der Waals surface area contributed by atoms with Crippen LogP contribution in [-0.4, -0.2) is 35.4 Å². The van der Waals surface area contributed by atoms with Gasteiger partial charge in [-0.05, 0) is 12.3 Å². The van der Waals surface area contributed by atoms with E-state index >= 15 is 0 Å². The molecule has 100 valence electrons. The summed E-state index contributed by atoms with van der Waals surface area (Å²) >= 11 is 0. The van der Waals surface area contributed by atoms with Gasteiger partial charge in [0.05, 0.1) is 6.61 Å². The van der Waals surface area contributed by atoms with Crippen LogP contribution in [0.4, 0.5) is 0 Å². The summed E-state index contributed by atoms with van der Waals surface area (Å²) in [6.45, 7) is 3.77. The molecule has 6 nitrogen and oxygen atoms in total. The van der Waals surface area contributed by atoms with Gasteiger partial charge >= 0.3 is 11.1 Å². The molecule has 1 saturated heterocycles. The average molecular weight is 253 g/mol. The molecular formula is C12H19N3O3. The van der Waals surface area contributed by atoms with Crippen molar-refractivity contribution in [2.45, 2.75) is 13.0 Å². The molecule has 1 aliphatic heterocycles. The Labute approximate surface area is 105 Å². The SMILES string of the molecule is Cn1ccn(CCNCC2CCOC2)c(=O)c1=O. The fraction of sp³-hybridized carbons (Fsp3) is 0.667. The third-order valence-electron chi connectivity index (χ3n) is 3.22. The van der Waals surface area contributed by atoms with Gasteiger partial charge in [-0.25, -0.2) is 0 Å². The lowest BCUT2D eigenvalue weighted by atomic mass is 10.1. The summed E-state index contributed by atoms with van der Waals surface area (Å²) in [4.78, 5) is 23.0. The molecule has 0 aliphatic carbocycles. The number of aromatic nitrogens is 2. The van der Waals surface area contributed by atoms with Crippen LogP contribution in [0.2, 0.25) is 0 Å². The zero-order chi connectivity index (χ0) is 13.0. The summed E-state index contributed by atoms with van der Waals surface area (Å²) in [5, 5.41) is 3.29. The standard InChI is InChI=1S/C12H19N3O3/c1-14-5-6-15(12(17)11(14)16)4-3-13-8-10-2-7-18-9-10/h5-6,10,13H,2-4,7-9H2,1H3. The maximum atomic E-state index is 11.6. The third kappa shape index (κ3) is 3.08. The van der Waals surface area contributed by atoms with Gasteiger partial charge in [0.25, 0.3) is 0 Å². The van der Waals surface area contributed by atoms with Gasteiger partial charge in [0.15, 0.2) is 0 Å². The van der Waals surface area contributed by atoms with E-state index in [9.17, 15) is 9.59 Å². The van der Waals surface area contributed by atoms with Crippen LogP contribution in [0.15, 0.2) is 22.0 Å². The summed E-state index contributed by atoms with van der Waals surface area (Å²) in [5.74, 6) is 0.574. The summed E-state index contributed by atoms with van der Waals surface area (Å²) in [6, 6.07) is 0. The van der Waals surface area contributed by atoms with Crippen molar-refractivity contribution in [2.75, 3.05) is 26.3 Å². The number of ether oxygens (including phenoxy) is 1. The normalized spacial score (nSPS) is 19.3. The second kappa shape index (κ2) is 5.97. The second-order valence-corrected chi connectivity index (χ2v) is 4.65. The highest BCUT2D eigenvalue weighted by atomic mass is 16.5. The fourth-order valence-electron chi connectivity index (χ4n) is 2.02. The largest absolute Gasteiger partial charge is 0.381 e. The number of nitrogens with one attached hydrogen (secondary N) is 1. The second-order valence-electron chi connectivity index (χ2n) is 4.65. The Bertz CT molecular complexity index is 500. The Morgan fingerprint density at radius 3 is 2.94 bits per heavy atom. The molecule has 1 aliphatic rings. The Morgan fingerprint density at radius 2 is 2.22 bits per heavy atom. The van der Waals surface area contributed by atoms with Crippen LogP contribution >= 0.6 is 0 Å². The molecule has 2 rings (SSSR count). The molecule has 0 amide bonds. The van der Waals surface area contributed by atoms with Crippen LogP contribution in [0.3, 0.4) is 0 Å². The van der Waals surface area contributed by atoms with Gasteiger partial charge in [-0.3, -0.25) is 9.59 Å². The fourth-order valence-corrected chi connectivity index (χ4v) is 2.02. The quantitative estimate of drug-likeness (QED) is 0.549. The lowest BCUT2D eigenvalue weighted by molar-refractivity contribution is 0.185. The molecule has 0 saturated carbocycles. The van der Waals surface area contributed by atoms with Crippen LogP contribution in [0.25, 0.3) is 0 Å². The summed E-state index contributed by atoms with van der Waals surface area (Å²) < 4.78 is 8.02. The number of hydrogen-bond acceptors (Lipinski definition) is 4. The van der Waals surface area contributed by atoms with Gasteiger partial charge in [0.1, 0.15) is 0 Å². The molecule has 0 spiro atoms. The molecule has 1 unspecified atom stereocenters. The van der Waals surface area contributed by atoms with Gasteiger partial charge in [0, 0.05) is 45.7 Å². The van der Waals surface area contributed by atoms with Gasteiger partial charge in [-0.15, -0.1) is 0 Å². The molecule has 0 radical (unpaired) electrons. The summed E-state index contributed by atoms with van der Waals surface area (Å²) in [6.07, 6.45) is 4.34. The van der Waals surface area contributed by atoms with Crippen molar-refractivity contribution < 1.29 is 4.74 Å². The van der Waals surface area contributed by atoms with Crippen LogP contribution < -0.4 is 16.4 Å². The number of rotatable bonds is 5. The predicted molar refractivity (Wildman–Crippen MR) is 67.7 cm³/mol. The van der Waals surface area contributed by atoms with Crippen molar-refractivity contribution in [3.63, 3.8) is 0 Å². The Balaban J connectivity index is 1.81. The molecule has 1 atom stereocenters. The highest BCUT2D eigenvalue weighted by Crippen LogP contribution is 2.10. The van der Waals surface area contributed by atoms with Crippen molar-refractivity contribution in [1.82, 2.24) is 14.5 Å². The minimum Gasteiger partial charge on any atom is -0.381 e. The van der Waals surface area contributed by atoms with Crippen molar-refractivity contribution >= 4 is 0 Å². The summed E-state index contributed by atoms with van der Waals surface area (Å²) in [5.41, 5.74) is -0.951. The van der Waals surface area contributed by atoms with Gasteiger partial charge < -0.3 is 19.2 Å². The van der Waals surface area contributed by atoms with Crippen molar-refractivity contribution in [1.29, 1.82) is 0 Å². The zero-order valence-electron chi connectivity index (χ0n) is 10.6. The smallest absolute Gasteiger partial charge is 0.316 e. The highest BCUT2D eigenvalue weighted by molar-refractivity contribution is 4.84. The zero-order valence-corrected chi connectivity index (χ0v) is 10.6. The maximum Gasteiger partial charge on any atom is 0.316 e. The Kier molecular flexibility index (Phi) is 4.33. The minimum absolute atomic E-state index is 0.467. The van der Waals surface area contributed by atoms with Crippen LogP contribution in [0, 0.1) is 5.92 Å². The lowest BCUT2D eigenvalue weighted by Gasteiger charge is -2.10. The van der Waals surface area contributed by atoms with Crippen molar-refractivity contribution in [3.05, 3.63) is 33.1 Å². The molecule has 1 fully saturated rings. The topological polar surface area (TPSA) is 65.3 Å². The Morgan fingerprint density at radius 1 is 1.39 bits per heavy atom. The van der Waals surface area contributed by atoms with E-state index in [1.165, 1.54) is 9.13 Å². The average Bonchev–Trinajstić information content (AvgIpc) is 2.87. The first-order chi connectivity index (χ1) is 8.68. The molecule has 0 bridgehead atoms. The van der Waals surface area contributed by atoms with Crippen LogP contribution in [-0.2, 0) is 18.3 Å². The number of nitrogens with zero attached hydrogens (tertiary/aromatic N) is 2. The molecule has 0 aromatic carbocycles. The third-order valence-corrected chi connectivity index (χ3v) is 3.22. The van der Waals surface area contributed by atoms with E-state index < -0.39 is 11.1 Å². The van der Waals surface area contributed by atoms with Crippen LogP contribution in [0.1, 0.15) is 6.42 Å². The van der Waals surface area contributed by atoms with E-state index in [0.29, 0.717) is 19.0 Å². The minimum atomic E-state index is -0.485.